The monoisotopic (exact) mass is 342 g/mol. The summed E-state index contributed by atoms with van der Waals surface area (Å²) >= 11 is 5.65. The molecule has 1 atom stereocenters. The molecular weight excluding hydrogens is 320 g/mol. The Hall–Kier alpha value is -0.190. The molecule has 0 radical (unpaired) electrons. The fraction of sp³-hybridized carbons (Fsp3) is 0.600. The smallest absolute Gasteiger partial charge is 0.0415 e. The van der Waals surface area contributed by atoms with Crippen LogP contribution in [0.3, 0.4) is 0 Å². The van der Waals surface area contributed by atoms with Gasteiger partial charge in [-0.25, -0.2) is 0 Å². The van der Waals surface area contributed by atoms with E-state index in [9.17, 15) is 0 Å². The molecule has 1 aromatic rings. The second-order valence-corrected chi connectivity index (χ2v) is 7.49. The molecule has 0 aromatic heterocycles. The number of anilines is 1. The van der Waals surface area contributed by atoms with Crippen molar-refractivity contribution in [1.82, 2.24) is 5.32 Å². The Labute approximate surface area is 129 Å². The summed E-state index contributed by atoms with van der Waals surface area (Å²) in [7, 11) is 0. The van der Waals surface area contributed by atoms with Crippen LogP contribution in [-0.4, -0.2) is 30.1 Å². The number of benzene rings is 1. The van der Waals surface area contributed by atoms with Gasteiger partial charge in [0.2, 0.25) is 0 Å². The molecule has 4 heteroatoms. The maximum absolute atomic E-state index is 3.59. The van der Waals surface area contributed by atoms with Crippen molar-refractivity contribution in [2.24, 2.45) is 0 Å². The summed E-state index contributed by atoms with van der Waals surface area (Å²) in [6.07, 6.45) is 0. The topological polar surface area (TPSA) is 15.3 Å². The van der Waals surface area contributed by atoms with Crippen molar-refractivity contribution in [3.8, 4) is 0 Å². The highest BCUT2D eigenvalue weighted by molar-refractivity contribution is 9.10. The number of nitrogens with one attached hydrogen (secondary N) is 1. The first-order chi connectivity index (χ1) is 9.08. The lowest BCUT2D eigenvalue weighted by Crippen LogP contribution is -2.41. The van der Waals surface area contributed by atoms with Crippen molar-refractivity contribution in [1.29, 1.82) is 0 Å². The molecule has 1 saturated heterocycles. The van der Waals surface area contributed by atoms with Gasteiger partial charge in [0.1, 0.15) is 0 Å². The van der Waals surface area contributed by atoms with Crippen LogP contribution < -0.4 is 10.2 Å². The van der Waals surface area contributed by atoms with Gasteiger partial charge in [0.05, 0.1) is 0 Å². The summed E-state index contributed by atoms with van der Waals surface area (Å²) in [4.78, 5) is 2.56. The maximum Gasteiger partial charge on any atom is 0.0415 e. The van der Waals surface area contributed by atoms with Gasteiger partial charge in [-0.05, 0) is 30.7 Å². The minimum atomic E-state index is 0.515. The second kappa shape index (κ2) is 7.00. The van der Waals surface area contributed by atoms with Gasteiger partial charge < -0.3 is 10.2 Å². The first kappa shape index (κ1) is 15.2. The van der Waals surface area contributed by atoms with Gasteiger partial charge in [-0.15, -0.1) is 0 Å². The van der Waals surface area contributed by atoms with Crippen molar-refractivity contribution in [2.75, 3.05) is 23.0 Å². The molecule has 19 heavy (non-hydrogen) atoms. The van der Waals surface area contributed by atoms with E-state index < -0.39 is 0 Å². The van der Waals surface area contributed by atoms with E-state index in [-0.39, 0.29) is 0 Å². The Bertz CT molecular complexity index is 423. The Morgan fingerprint density at radius 1 is 1.47 bits per heavy atom. The third-order valence-corrected chi connectivity index (χ3v) is 5.10. The molecule has 0 amide bonds. The predicted octanol–water partition coefficient (Wildman–Crippen LogP) is 3.89. The minimum Gasteiger partial charge on any atom is -0.367 e. The molecule has 1 aliphatic rings. The average molecular weight is 343 g/mol. The van der Waals surface area contributed by atoms with Crippen molar-refractivity contribution < 1.29 is 0 Å². The molecule has 1 heterocycles. The van der Waals surface area contributed by atoms with E-state index in [1.807, 2.05) is 0 Å². The van der Waals surface area contributed by atoms with Crippen LogP contribution >= 0.6 is 27.7 Å². The van der Waals surface area contributed by atoms with Crippen LogP contribution in [0.25, 0.3) is 0 Å². The molecule has 1 fully saturated rings. The van der Waals surface area contributed by atoms with Crippen LogP contribution in [-0.2, 0) is 6.54 Å². The first-order valence-corrected chi connectivity index (χ1v) is 8.89. The number of halogens is 1. The highest BCUT2D eigenvalue weighted by atomic mass is 79.9. The zero-order valence-corrected chi connectivity index (χ0v) is 14.4. The van der Waals surface area contributed by atoms with Gasteiger partial charge in [0.15, 0.2) is 0 Å². The fourth-order valence-corrected chi connectivity index (χ4v) is 3.80. The lowest BCUT2D eigenvalue weighted by molar-refractivity contribution is 0.586. The lowest BCUT2D eigenvalue weighted by atomic mass is 10.1. The Morgan fingerprint density at radius 3 is 2.95 bits per heavy atom. The quantitative estimate of drug-likeness (QED) is 0.893. The molecule has 2 nitrogen and oxygen atoms in total. The highest BCUT2D eigenvalue weighted by Crippen LogP contribution is 2.29. The van der Waals surface area contributed by atoms with Crippen LogP contribution in [0, 0.1) is 0 Å². The van der Waals surface area contributed by atoms with Gasteiger partial charge in [-0.1, -0.05) is 29.8 Å². The molecule has 1 N–H and O–H groups in total. The fourth-order valence-electron chi connectivity index (χ4n) is 2.37. The number of hydrogen-bond donors (Lipinski definition) is 1. The highest BCUT2D eigenvalue weighted by Gasteiger charge is 2.21. The molecule has 1 aromatic carbocycles. The standard InChI is InChI=1S/C15H23BrN2S/c1-11(2)17-9-13-8-14(16)4-5-15(13)18-6-7-19-10-12(18)3/h4-5,8,11-12,17H,6-7,9-10H2,1-3H3. The second-order valence-electron chi connectivity index (χ2n) is 5.43. The maximum atomic E-state index is 3.59. The normalized spacial score (nSPS) is 20.1. The summed E-state index contributed by atoms with van der Waals surface area (Å²) in [5.74, 6) is 2.46. The number of nitrogens with zero attached hydrogens (tertiary/aromatic N) is 1. The third-order valence-electron chi connectivity index (χ3n) is 3.42. The van der Waals surface area contributed by atoms with E-state index in [0.717, 1.165) is 17.6 Å². The van der Waals surface area contributed by atoms with Crippen LogP contribution in [0.4, 0.5) is 5.69 Å². The molecule has 0 saturated carbocycles. The van der Waals surface area contributed by atoms with Crippen molar-refractivity contribution in [2.45, 2.75) is 39.4 Å². The number of hydrogen-bond acceptors (Lipinski definition) is 3. The number of thioether (sulfide) groups is 1. The molecule has 106 valence electrons. The summed E-state index contributed by atoms with van der Waals surface area (Å²) in [5, 5.41) is 3.53. The Kier molecular flexibility index (Phi) is 5.60. The summed E-state index contributed by atoms with van der Waals surface area (Å²) in [6.45, 7) is 8.80. The molecule has 2 rings (SSSR count). The summed E-state index contributed by atoms with van der Waals surface area (Å²) in [6, 6.07) is 7.80. The predicted molar refractivity (Wildman–Crippen MR) is 90.3 cm³/mol. The van der Waals surface area contributed by atoms with Crippen LogP contribution in [0.15, 0.2) is 22.7 Å². The molecule has 0 bridgehead atoms. The van der Waals surface area contributed by atoms with E-state index in [0.29, 0.717) is 12.1 Å². The van der Waals surface area contributed by atoms with Gasteiger partial charge >= 0.3 is 0 Å². The van der Waals surface area contributed by atoms with Crippen LogP contribution in [0.5, 0.6) is 0 Å². The first-order valence-electron chi connectivity index (χ1n) is 6.94. The Morgan fingerprint density at radius 2 is 2.26 bits per heavy atom. The third kappa shape index (κ3) is 4.14. The van der Waals surface area contributed by atoms with E-state index in [4.69, 9.17) is 0 Å². The van der Waals surface area contributed by atoms with Crippen molar-refractivity contribution >= 4 is 33.4 Å². The van der Waals surface area contributed by atoms with Gasteiger partial charge in [-0.2, -0.15) is 11.8 Å². The summed E-state index contributed by atoms with van der Waals surface area (Å²) < 4.78 is 1.16. The Balaban J connectivity index is 2.22. The van der Waals surface area contributed by atoms with Crippen LogP contribution in [0.2, 0.25) is 0 Å². The van der Waals surface area contributed by atoms with E-state index in [1.54, 1.807) is 0 Å². The molecule has 1 aliphatic heterocycles. The molecule has 0 spiro atoms. The zero-order chi connectivity index (χ0) is 13.8. The summed E-state index contributed by atoms with van der Waals surface area (Å²) in [5.41, 5.74) is 2.78. The molecular formula is C15H23BrN2S. The average Bonchev–Trinajstić information content (AvgIpc) is 2.37. The number of rotatable bonds is 4. The van der Waals surface area contributed by atoms with Crippen molar-refractivity contribution in [3.05, 3.63) is 28.2 Å². The van der Waals surface area contributed by atoms with Crippen LogP contribution in [0.1, 0.15) is 26.3 Å². The van der Waals surface area contributed by atoms with Gasteiger partial charge in [-0.3, -0.25) is 0 Å². The zero-order valence-electron chi connectivity index (χ0n) is 11.9. The molecule has 1 unspecified atom stereocenters. The van der Waals surface area contributed by atoms with E-state index >= 15 is 0 Å². The van der Waals surface area contributed by atoms with E-state index in [2.05, 4.69) is 76.9 Å². The minimum absolute atomic E-state index is 0.515. The largest absolute Gasteiger partial charge is 0.367 e. The SMILES string of the molecule is CC(C)NCc1cc(Br)ccc1N1CCSCC1C. The van der Waals surface area contributed by atoms with Gasteiger partial charge in [0.25, 0.3) is 0 Å². The van der Waals surface area contributed by atoms with Crippen molar-refractivity contribution in [3.63, 3.8) is 0 Å². The lowest BCUT2D eigenvalue weighted by Gasteiger charge is -2.36. The molecule has 0 aliphatic carbocycles. The van der Waals surface area contributed by atoms with E-state index in [1.165, 1.54) is 22.8 Å². The van der Waals surface area contributed by atoms with Gasteiger partial charge in [0, 0.05) is 46.8 Å².